The Morgan fingerprint density at radius 3 is 2.36 bits per heavy atom. The van der Waals surface area contributed by atoms with Crippen LogP contribution in [0.1, 0.15) is 67.8 Å². The van der Waals surface area contributed by atoms with E-state index in [9.17, 15) is 4.79 Å². The number of fused-ring (bicyclic) bond motifs is 2. The van der Waals surface area contributed by atoms with Crippen LogP contribution in [0.3, 0.4) is 0 Å². The van der Waals surface area contributed by atoms with Crippen molar-refractivity contribution >= 4 is 17.0 Å². The molecular formula is C24H28N2O2. The molecule has 0 radical (unpaired) electrons. The standard InChI is InChI=1S/C24H28N2O2/c1-15-25-20-13-16(22(27)28-6)7-10-21(20)26(15)17-8-9-18-19(14-17)24(4,5)12-11-23(18,2)3/h7-10,13-14H,11-12H2,1-6H3. The Balaban J connectivity index is 1.89. The van der Waals surface area contributed by atoms with Gasteiger partial charge in [0.2, 0.25) is 0 Å². The van der Waals surface area contributed by atoms with E-state index in [-0.39, 0.29) is 16.8 Å². The number of rotatable bonds is 2. The fourth-order valence-electron chi connectivity index (χ4n) is 4.49. The molecule has 0 saturated heterocycles. The summed E-state index contributed by atoms with van der Waals surface area (Å²) < 4.78 is 7.01. The van der Waals surface area contributed by atoms with E-state index < -0.39 is 0 Å². The monoisotopic (exact) mass is 376 g/mol. The van der Waals surface area contributed by atoms with Crippen LogP contribution in [0.4, 0.5) is 0 Å². The summed E-state index contributed by atoms with van der Waals surface area (Å²) >= 11 is 0. The van der Waals surface area contributed by atoms with Crippen LogP contribution in [0.5, 0.6) is 0 Å². The number of ether oxygens (including phenoxy) is 1. The molecule has 1 aromatic heterocycles. The van der Waals surface area contributed by atoms with Gasteiger partial charge in [-0.05, 0) is 72.1 Å². The molecule has 4 heteroatoms. The van der Waals surface area contributed by atoms with E-state index >= 15 is 0 Å². The van der Waals surface area contributed by atoms with Crippen molar-refractivity contribution in [1.82, 2.24) is 9.55 Å². The van der Waals surface area contributed by atoms with Crippen molar-refractivity contribution in [2.45, 2.75) is 58.3 Å². The highest BCUT2D eigenvalue weighted by Crippen LogP contribution is 2.46. The summed E-state index contributed by atoms with van der Waals surface area (Å²) in [6.07, 6.45) is 2.39. The van der Waals surface area contributed by atoms with Gasteiger partial charge >= 0.3 is 5.97 Å². The highest BCUT2D eigenvalue weighted by Gasteiger charge is 2.37. The van der Waals surface area contributed by atoms with Gasteiger partial charge in [-0.2, -0.15) is 0 Å². The lowest BCUT2D eigenvalue weighted by atomic mass is 9.63. The second-order valence-electron chi connectivity index (χ2n) is 9.19. The number of carbonyl (C=O) groups excluding carboxylic acids is 1. The maximum absolute atomic E-state index is 11.9. The molecular weight excluding hydrogens is 348 g/mol. The minimum atomic E-state index is -0.341. The van der Waals surface area contributed by atoms with Crippen LogP contribution < -0.4 is 0 Å². The number of aromatic nitrogens is 2. The second kappa shape index (κ2) is 6.20. The Kier molecular flexibility index (Phi) is 4.14. The predicted octanol–water partition coefficient (Wildman–Crippen LogP) is 5.47. The summed E-state index contributed by atoms with van der Waals surface area (Å²) in [5.74, 6) is 0.566. The van der Waals surface area contributed by atoms with E-state index in [0.29, 0.717) is 5.56 Å². The molecule has 0 unspecified atom stereocenters. The van der Waals surface area contributed by atoms with Crippen LogP contribution in [0, 0.1) is 6.92 Å². The average molecular weight is 377 g/mol. The van der Waals surface area contributed by atoms with Gasteiger partial charge in [0, 0.05) is 5.69 Å². The number of benzene rings is 2. The first-order valence-electron chi connectivity index (χ1n) is 9.87. The number of aryl methyl sites for hydroxylation is 1. The summed E-state index contributed by atoms with van der Waals surface area (Å²) in [6, 6.07) is 12.4. The quantitative estimate of drug-likeness (QED) is 0.557. The van der Waals surface area contributed by atoms with Gasteiger partial charge in [0.15, 0.2) is 0 Å². The predicted molar refractivity (Wildman–Crippen MR) is 112 cm³/mol. The van der Waals surface area contributed by atoms with Crippen molar-refractivity contribution in [2.24, 2.45) is 0 Å². The fraction of sp³-hybridized carbons (Fsp3) is 0.417. The van der Waals surface area contributed by atoms with Gasteiger partial charge < -0.3 is 4.74 Å². The molecule has 2 aromatic carbocycles. The van der Waals surface area contributed by atoms with Gasteiger partial charge in [0.25, 0.3) is 0 Å². The van der Waals surface area contributed by atoms with E-state index in [1.165, 1.54) is 31.1 Å². The Bertz CT molecular complexity index is 1090. The minimum absolute atomic E-state index is 0.156. The van der Waals surface area contributed by atoms with Gasteiger partial charge in [0.1, 0.15) is 5.82 Å². The topological polar surface area (TPSA) is 44.1 Å². The van der Waals surface area contributed by atoms with E-state index in [1.807, 2.05) is 13.0 Å². The largest absolute Gasteiger partial charge is 0.465 e. The summed E-state index contributed by atoms with van der Waals surface area (Å²) in [6.45, 7) is 11.4. The van der Waals surface area contributed by atoms with Gasteiger partial charge in [-0.25, -0.2) is 9.78 Å². The number of esters is 1. The van der Waals surface area contributed by atoms with E-state index in [1.54, 1.807) is 12.1 Å². The molecule has 1 aliphatic carbocycles. The molecule has 0 spiro atoms. The molecule has 0 amide bonds. The number of hydrogen-bond donors (Lipinski definition) is 0. The zero-order chi connectivity index (χ0) is 20.3. The summed E-state index contributed by atoms with van der Waals surface area (Å²) in [7, 11) is 1.40. The molecule has 0 bridgehead atoms. The van der Waals surface area contributed by atoms with Gasteiger partial charge in [-0.1, -0.05) is 33.8 Å². The Labute approximate surface area is 166 Å². The number of methoxy groups -OCH3 is 1. The second-order valence-corrected chi connectivity index (χ2v) is 9.19. The zero-order valence-corrected chi connectivity index (χ0v) is 17.6. The fourth-order valence-corrected chi connectivity index (χ4v) is 4.49. The summed E-state index contributed by atoms with van der Waals surface area (Å²) in [5, 5.41) is 0. The molecule has 0 aliphatic heterocycles. The number of hydrogen-bond acceptors (Lipinski definition) is 3. The van der Waals surface area contributed by atoms with Crippen molar-refractivity contribution in [2.75, 3.05) is 7.11 Å². The first-order valence-corrected chi connectivity index (χ1v) is 9.87. The van der Waals surface area contributed by atoms with Crippen LogP contribution >= 0.6 is 0 Å². The summed E-state index contributed by atoms with van der Waals surface area (Å²) in [4.78, 5) is 16.6. The molecule has 1 heterocycles. The third-order valence-electron chi connectivity index (χ3n) is 6.34. The Hall–Kier alpha value is -2.62. The smallest absolute Gasteiger partial charge is 0.337 e. The van der Waals surface area contributed by atoms with Gasteiger partial charge in [-0.3, -0.25) is 4.57 Å². The molecule has 0 N–H and O–H groups in total. The third kappa shape index (κ3) is 2.83. The lowest BCUT2D eigenvalue weighted by Gasteiger charge is -2.42. The minimum Gasteiger partial charge on any atom is -0.465 e. The molecule has 0 atom stereocenters. The molecule has 28 heavy (non-hydrogen) atoms. The highest BCUT2D eigenvalue weighted by molar-refractivity contribution is 5.94. The lowest BCUT2D eigenvalue weighted by molar-refractivity contribution is 0.0601. The molecule has 3 aromatic rings. The number of carbonyl (C=O) groups is 1. The lowest BCUT2D eigenvalue weighted by Crippen LogP contribution is -2.33. The van der Waals surface area contributed by atoms with Crippen molar-refractivity contribution in [3.05, 3.63) is 58.9 Å². The Morgan fingerprint density at radius 1 is 1.00 bits per heavy atom. The molecule has 0 saturated carbocycles. The first-order chi connectivity index (χ1) is 13.1. The number of imidazole rings is 1. The van der Waals surface area contributed by atoms with Crippen molar-refractivity contribution < 1.29 is 9.53 Å². The first kappa shape index (κ1) is 18.7. The highest BCUT2D eigenvalue weighted by atomic mass is 16.5. The van der Waals surface area contributed by atoms with Crippen LogP contribution in [-0.4, -0.2) is 22.6 Å². The molecule has 0 fully saturated rings. The number of nitrogens with zero attached hydrogens (tertiary/aromatic N) is 2. The SMILES string of the molecule is COC(=O)c1ccc2c(c1)nc(C)n2-c1ccc2c(c1)C(C)(C)CCC2(C)C. The van der Waals surface area contributed by atoms with Crippen molar-refractivity contribution in [1.29, 1.82) is 0 Å². The summed E-state index contributed by atoms with van der Waals surface area (Å²) in [5.41, 5.74) is 6.67. The van der Waals surface area contributed by atoms with Gasteiger partial charge in [0.05, 0.1) is 23.7 Å². The Morgan fingerprint density at radius 2 is 1.68 bits per heavy atom. The van der Waals surface area contributed by atoms with Crippen molar-refractivity contribution in [3.8, 4) is 5.69 Å². The van der Waals surface area contributed by atoms with E-state index in [4.69, 9.17) is 9.72 Å². The zero-order valence-electron chi connectivity index (χ0n) is 17.6. The molecule has 146 valence electrons. The van der Waals surface area contributed by atoms with Crippen LogP contribution in [0.15, 0.2) is 36.4 Å². The van der Waals surface area contributed by atoms with Crippen LogP contribution in [-0.2, 0) is 15.6 Å². The van der Waals surface area contributed by atoms with Crippen LogP contribution in [0.25, 0.3) is 16.7 Å². The van der Waals surface area contributed by atoms with E-state index in [0.717, 1.165) is 22.5 Å². The molecule has 4 rings (SSSR count). The molecule has 4 nitrogen and oxygen atoms in total. The van der Waals surface area contributed by atoms with Crippen LogP contribution in [0.2, 0.25) is 0 Å². The van der Waals surface area contributed by atoms with E-state index in [2.05, 4.69) is 50.5 Å². The third-order valence-corrected chi connectivity index (χ3v) is 6.34. The van der Waals surface area contributed by atoms with Gasteiger partial charge in [-0.15, -0.1) is 0 Å². The maximum Gasteiger partial charge on any atom is 0.337 e. The van der Waals surface area contributed by atoms with Crippen molar-refractivity contribution in [3.63, 3.8) is 0 Å². The normalized spacial score (nSPS) is 17.4. The maximum atomic E-state index is 11.9. The average Bonchev–Trinajstić information content (AvgIpc) is 2.99. The molecule has 1 aliphatic rings.